The van der Waals surface area contributed by atoms with E-state index in [1.807, 2.05) is 16.7 Å². The van der Waals surface area contributed by atoms with Crippen LogP contribution >= 0.6 is 11.8 Å². The number of hydrogen-bond acceptors (Lipinski definition) is 8. The van der Waals surface area contributed by atoms with Crippen molar-refractivity contribution in [2.75, 3.05) is 12.4 Å². The van der Waals surface area contributed by atoms with Gasteiger partial charge in [0, 0.05) is 18.0 Å². The van der Waals surface area contributed by atoms with Crippen LogP contribution in [0.1, 0.15) is 12.7 Å². The van der Waals surface area contributed by atoms with Crippen molar-refractivity contribution < 1.29 is 18.7 Å². The first kappa shape index (κ1) is 18.6. The fraction of sp³-hybridized carbons (Fsp3) is 0.235. The molecule has 0 atom stereocenters. The summed E-state index contributed by atoms with van der Waals surface area (Å²) >= 11 is 1.16. The molecule has 0 radical (unpaired) electrons. The number of hydrogen-bond donors (Lipinski definition) is 1. The second-order valence-electron chi connectivity index (χ2n) is 5.27. The van der Waals surface area contributed by atoms with Gasteiger partial charge in [0.25, 0.3) is 0 Å². The zero-order chi connectivity index (χ0) is 19.1. The van der Waals surface area contributed by atoms with Gasteiger partial charge in [-0.2, -0.15) is 0 Å². The quantitative estimate of drug-likeness (QED) is 0.615. The van der Waals surface area contributed by atoms with E-state index in [4.69, 9.17) is 4.42 Å². The molecule has 0 saturated heterocycles. The first-order valence-corrected chi connectivity index (χ1v) is 9.11. The fourth-order valence-corrected chi connectivity index (χ4v) is 2.99. The molecule has 0 fully saturated rings. The van der Waals surface area contributed by atoms with E-state index < -0.39 is 12.0 Å². The van der Waals surface area contributed by atoms with Gasteiger partial charge in [-0.05, 0) is 31.2 Å². The summed E-state index contributed by atoms with van der Waals surface area (Å²) in [4.78, 5) is 27.3. The lowest BCUT2D eigenvalue weighted by molar-refractivity contribution is -0.117. The zero-order valence-corrected chi connectivity index (χ0v) is 15.3. The van der Waals surface area contributed by atoms with Gasteiger partial charge in [0.15, 0.2) is 11.0 Å². The van der Waals surface area contributed by atoms with Gasteiger partial charge in [-0.15, -0.1) is 10.2 Å². The van der Waals surface area contributed by atoms with Crippen LogP contribution in [0.4, 0.5) is 4.79 Å². The molecule has 0 bridgehead atoms. The first-order valence-electron chi connectivity index (χ1n) is 8.12. The Bertz CT molecular complexity index is 895. The molecule has 10 heteroatoms. The molecule has 140 valence electrons. The molecule has 0 aliphatic carbocycles. The van der Waals surface area contributed by atoms with Crippen LogP contribution in [0.25, 0.3) is 11.4 Å². The maximum atomic E-state index is 11.9. The molecular formula is C17H17N5O4S. The summed E-state index contributed by atoms with van der Waals surface area (Å²) in [6.45, 7) is 2.25. The largest absolute Gasteiger partial charge is 0.467 e. The van der Waals surface area contributed by atoms with Gasteiger partial charge < -0.3 is 9.15 Å². The summed E-state index contributed by atoms with van der Waals surface area (Å²) in [6.07, 6.45) is 4.18. The van der Waals surface area contributed by atoms with Crippen molar-refractivity contribution in [3.05, 3.63) is 48.7 Å². The third-order valence-corrected chi connectivity index (χ3v) is 4.35. The minimum atomic E-state index is -0.767. The Hall–Kier alpha value is -3.14. The van der Waals surface area contributed by atoms with E-state index in [2.05, 4.69) is 25.2 Å². The number of imide groups is 1. The van der Waals surface area contributed by atoms with Crippen LogP contribution in [-0.2, 0) is 16.1 Å². The number of pyridine rings is 1. The predicted octanol–water partition coefficient (Wildman–Crippen LogP) is 2.35. The van der Waals surface area contributed by atoms with E-state index in [9.17, 15) is 9.59 Å². The summed E-state index contributed by atoms with van der Waals surface area (Å²) in [7, 11) is 0. The zero-order valence-electron chi connectivity index (χ0n) is 14.5. The molecule has 0 aromatic carbocycles. The average molecular weight is 387 g/mol. The van der Waals surface area contributed by atoms with E-state index in [1.54, 1.807) is 37.7 Å². The highest BCUT2D eigenvalue weighted by molar-refractivity contribution is 7.99. The smallest absolute Gasteiger partial charge is 0.413 e. The molecule has 0 saturated carbocycles. The van der Waals surface area contributed by atoms with E-state index in [1.165, 1.54) is 0 Å². The molecule has 0 aliphatic rings. The molecule has 3 aromatic rings. The van der Waals surface area contributed by atoms with E-state index >= 15 is 0 Å². The number of carbonyl (C=O) groups excluding carboxylic acids is 2. The van der Waals surface area contributed by atoms with Crippen molar-refractivity contribution in [3.8, 4) is 11.4 Å². The van der Waals surface area contributed by atoms with Crippen LogP contribution in [0.3, 0.4) is 0 Å². The highest BCUT2D eigenvalue weighted by Crippen LogP contribution is 2.24. The number of nitrogens with one attached hydrogen (secondary N) is 1. The number of amides is 2. The maximum absolute atomic E-state index is 11.9. The number of alkyl carbamates (subject to hydrolysis) is 1. The fourth-order valence-electron chi connectivity index (χ4n) is 2.25. The summed E-state index contributed by atoms with van der Waals surface area (Å²) < 4.78 is 11.9. The summed E-state index contributed by atoms with van der Waals surface area (Å²) in [6, 6.07) is 7.32. The molecular weight excluding hydrogens is 370 g/mol. The Kier molecular flexibility index (Phi) is 6.21. The molecule has 0 spiro atoms. The van der Waals surface area contributed by atoms with Crippen molar-refractivity contribution in [1.82, 2.24) is 25.1 Å². The van der Waals surface area contributed by atoms with Gasteiger partial charge in [0.1, 0.15) is 5.76 Å². The molecule has 27 heavy (non-hydrogen) atoms. The minimum Gasteiger partial charge on any atom is -0.467 e. The molecule has 1 N–H and O–H groups in total. The third kappa shape index (κ3) is 4.94. The molecule has 3 heterocycles. The number of rotatable bonds is 7. The maximum Gasteiger partial charge on any atom is 0.413 e. The van der Waals surface area contributed by atoms with Crippen LogP contribution in [0, 0.1) is 0 Å². The SMILES string of the molecule is CCOC(=O)NC(=O)CSc1nnc(-c2cccnc2)n1Cc1ccco1. The highest BCUT2D eigenvalue weighted by Gasteiger charge is 2.18. The van der Waals surface area contributed by atoms with Crippen LogP contribution in [0.2, 0.25) is 0 Å². The first-order chi connectivity index (χ1) is 13.2. The van der Waals surface area contributed by atoms with Gasteiger partial charge in [0.2, 0.25) is 5.91 Å². The topological polar surface area (TPSA) is 112 Å². The molecule has 0 aliphatic heterocycles. The van der Waals surface area contributed by atoms with Crippen molar-refractivity contribution in [2.24, 2.45) is 0 Å². The van der Waals surface area contributed by atoms with Crippen molar-refractivity contribution >= 4 is 23.8 Å². The lowest BCUT2D eigenvalue weighted by atomic mass is 10.2. The van der Waals surface area contributed by atoms with Gasteiger partial charge in [-0.3, -0.25) is 19.7 Å². The van der Waals surface area contributed by atoms with E-state index in [-0.39, 0.29) is 12.4 Å². The Labute approximate surface area is 159 Å². The number of ether oxygens (including phenoxy) is 1. The second-order valence-corrected chi connectivity index (χ2v) is 6.21. The Morgan fingerprint density at radius 2 is 2.19 bits per heavy atom. The van der Waals surface area contributed by atoms with Crippen LogP contribution in [-0.4, -0.2) is 44.1 Å². The standard InChI is InChI=1S/C17H17N5O4S/c1-2-25-17(24)19-14(23)11-27-16-21-20-15(12-5-3-7-18-9-12)22(16)10-13-6-4-8-26-13/h3-9H,2,10-11H2,1H3,(H,19,23,24). The lowest BCUT2D eigenvalue weighted by Gasteiger charge is -2.08. The lowest BCUT2D eigenvalue weighted by Crippen LogP contribution is -2.32. The van der Waals surface area contributed by atoms with Crippen molar-refractivity contribution in [1.29, 1.82) is 0 Å². The molecule has 2 amide bonds. The van der Waals surface area contributed by atoms with Gasteiger partial charge in [-0.25, -0.2) is 4.79 Å². The number of carbonyl (C=O) groups is 2. The Balaban J connectivity index is 1.77. The Morgan fingerprint density at radius 1 is 1.30 bits per heavy atom. The second kappa shape index (κ2) is 8.99. The van der Waals surface area contributed by atoms with Gasteiger partial charge >= 0.3 is 6.09 Å². The summed E-state index contributed by atoms with van der Waals surface area (Å²) in [5, 5.41) is 11.1. The molecule has 9 nitrogen and oxygen atoms in total. The molecule has 3 aromatic heterocycles. The van der Waals surface area contributed by atoms with Crippen LogP contribution < -0.4 is 5.32 Å². The summed E-state index contributed by atoms with van der Waals surface area (Å²) in [5.41, 5.74) is 0.791. The third-order valence-electron chi connectivity index (χ3n) is 3.38. The average Bonchev–Trinajstić information content (AvgIpc) is 3.31. The molecule has 0 unspecified atom stereocenters. The minimum absolute atomic E-state index is 0.0118. The van der Waals surface area contributed by atoms with Gasteiger partial charge in [-0.1, -0.05) is 11.8 Å². The number of furan rings is 1. The summed E-state index contributed by atoms with van der Waals surface area (Å²) in [5.74, 6) is 0.835. The Morgan fingerprint density at radius 3 is 2.89 bits per heavy atom. The molecule has 3 rings (SSSR count). The monoisotopic (exact) mass is 387 g/mol. The highest BCUT2D eigenvalue weighted by atomic mass is 32.2. The predicted molar refractivity (Wildman–Crippen MR) is 97.0 cm³/mol. The van der Waals surface area contributed by atoms with Gasteiger partial charge in [0.05, 0.1) is 25.2 Å². The number of aromatic nitrogens is 4. The van der Waals surface area contributed by atoms with Crippen LogP contribution in [0.5, 0.6) is 0 Å². The van der Waals surface area contributed by atoms with Crippen LogP contribution in [0.15, 0.2) is 52.5 Å². The van der Waals surface area contributed by atoms with Crippen molar-refractivity contribution in [3.63, 3.8) is 0 Å². The van der Waals surface area contributed by atoms with E-state index in [0.29, 0.717) is 17.5 Å². The van der Waals surface area contributed by atoms with E-state index in [0.717, 1.165) is 23.1 Å². The van der Waals surface area contributed by atoms with Crippen molar-refractivity contribution in [2.45, 2.75) is 18.6 Å². The normalized spacial score (nSPS) is 10.6. The number of thioether (sulfide) groups is 1. The number of nitrogens with zero attached hydrogens (tertiary/aromatic N) is 4.